The van der Waals surface area contributed by atoms with Crippen molar-refractivity contribution in [2.75, 3.05) is 13.7 Å². The molecule has 184 valence electrons. The number of unbranched alkanes of at least 4 members (excludes halogenated alkanes) is 1. The minimum absolute atomic E-state index is 0.0959. The molecule has 8 heteroatoms. The summed E-state index contributed by atoms with van der Waals surface area (Å²) >= 11 is 0. The fourth-order valence-electron chi connectivity index (χ4n) is 4.45. The van der Waals surface area contributed by atoms with E-state index in [0.29, 0.717) is 13.0 Å². The summed E-state index contributed by atoms with van der Waals surface area (Å²) in [5.41, 5.74) is 0.943. The number of rotatable bonds is 9. The highest BCUT2D eigenvalue weighted by Crippen LogP contribution is 2.47. The zero-order valence-electron chi connectivity index (χ0n) is 20.9. The van der Waals surface area contributed by atoms with E-state index in [1.807, 2.05) is 6.92 Å². The molecule has 3 aliphatic rings. The van der Waals surface area contributed by atoms with Crippen molar-refractivity contribution < 1.29 is 27.1 Å². The molecular weight excluding hydrogens is 456 g/mol. The second kappa shape index (κ2) is 9.28. The van der Waals surface area contributed by atoms with Crippen LogP contribution in [-0.2, 0) is 28.5 Å². The first kappa shape index (κ1) is 26.1. The predicted molar refractivity (Wildman–Crippen MR) is 131 cm³/mol. The molecule has 0 amide bonds. The number of aryl methyl sites for hydroxylation is 1. The lowest BCUT2D eigenvalue weighted by molar-refractivity contribution is -0.173. The molecule has 0 saturated carbocycles. The van der Waals surface area contributed by atoms with Gasteiger partial charge >= 0.3 is 5.97 Å². The van der Waals surface area contributed by atoms with Gasteiger partial charge in [-0.25, -0.2) is 13.2 Å². The Balaban J connectivity index is 1.77. The van der Waals surface area contributed by atoms with Crippen LogP contribution in [0.25, 0.3) is 0 Å². The van der Waals surface area contributed by atoms with Crippen molar-refractivity contribution in [3.63, 3.8) is 0 Å². The van der Waals surface area contributed by atoms with Gasteiger partial charge in [-0.3, -0.25) is 0 Å². The highest BCUT2D eigenvalue weighted by Gasteiger charge is 2.65. The van der Waals surface area contributed by atoms with Gasteiger partial charge in [-0.05, 0) is 62.2 Å². The average molecular weight is 495 g/mol. The van der Waals surface area contributed by atoms with Crippen molar-refractivity contribution in [2.45, 2.75) is 86.9 Å². The van der Waals surface area contributed by atoms with Gasteiger partial charge in [0.25, 0.3) is 0 Å². The van der Waals surface area contributed by atoms with E-state index >= 15 is 0 Å². The summed E-state index contributed by atoms with van der Waals surface area (Å²) in [6.07, 6.45) is 4.32. The molecule has 33 heavy (non-hydrogen) atoms. The van der Waals surface area contributed by atoms with Gasteiger partial charge in [0, 0.05) is 19.6 Å². The highest BCUT2D eigenvalue weighted by molar-refractivity contribution is 7.94. The molecule has 4 atom stereocenters. The van der Waals surface area contributed by atoms with Gasteiger partial charge in [0.2, 0.25) is 14.6 Å². The van der Waals surface area contributed by atoms with Crippen LogP contribution in [0.5, 0.6) is 0 Å². The second-order valence-corrected chi connectivity index (χ2v) is 17.7. The van der Waals surface area contributed by atoms with Crippen molar-refractivity contribution in [3.05, 3.63) is 42.0 Å². The first-order valence-corrected chi connectivity index (χ1v) is 16.1. The van der Waals surface area contributed by atoms with Gasteiger partial charge in [-0.15, -0.1) is 0 Å². The lowest BCUT2D eigenvalue weighted by atomic mass is 9.75. The molecule has 4 rings (SSSR count). The van der Waals surface area contributed by atoms with Crippen molar-refractivity contribution in [2.24, 2.45) is 5.92 Å². The Morgan fingerprint density at radius 2 is 1.76 bits per heavy atom. The van der Waals surface area contributed by atoms with Crippen LogP contribution in [0.2, 0.25) is 18.1 Å². The summed E-state index contributed by atoms with van der Waals surface area (Å²) in [6.45, 7) is 13.7. The van der Waals surface area contributed by atoms with Crippen LogP contribution in [0.1, 0.15) is 45.6 Å². The summed E-state index contributed by atoms with van der Waals surface area (Å²) in [5, 5.41) is 0.159. The largest absolute Gasteiger partial charge is 0.456 e. The minimum atomic E-state index is -4.07. The van der Waals surface area contributed by atoms with Crippen LogP contribution in [0.3, 0.4) is 0 Å². The molecule has 1 fully saturated rings. The fraction of sp³-hybridized carbons (Fsp3) is 0.640. The van der Waals surface area contributed by atoms with Crippen molar-refractivity contribution in [3.8, 4) is 0 Å². The Bertz CT molecular complexity index is 993. The normalized spacial score (nSPS) is 27.6. The van der Waals surface area contributed by atoms with Gasteiger partial charge in [-0.1, -0.05) is 44.9 Å². The van der Waals surface area contributed by atoms with E-state index in [0.717, 1.165) is 18.4 Å². The molecule has 2 bridgehead atoms. The van der Waals surface area contributed by atoms with E-state index in [4.69, 9.17) is 13.9 Å². The van der Waals surface area contributed by atoms with E-state index in [1.165, 1.54) is 13.2 Å². The second-order valence-electron chi connectivity index (χ2n) is 10.8. The van der Waals surface area contributed by atoms with Crippen molar-refractivity contribution in [1.29, 1.82) is 0 Å². The Morgan fingerprint density at radius 3 is 2.30 bits per heavy atom. The number of esters is 1. The average Bonchev–Trinajstić information content (AvgIpc) is 2.73. The number of carbonyl (C=O) groups excluding carboxylic acids is 1. The molecule has 0 unspecified atom stereocenters. The first-order chi connectivity index (χ1) is 15.3. The number of carbonyl (C=O) groups is 1. The molecule has 0 radical (unpaired) electrons. The number of hydrogen-bond acceptors (Lipinski definition) is 6. The van der Waals surface area contributed by atoms with Crippen LogP contribution < -0.4 is 0 Å². The Labute approximate surface area is 199 Å². The van der Waals surface area contributed by atoms with E-state index in [-0.39, 0.29) is 15.9 Å². The summed E-state index contributed by atoms with van der Waals surface area (Å²) < 4.78 is 43.2. The standard InChI is InChI=1S/C25H38O6SSi/c1-18-11-13-19(14-12-18)32(27,28)25-16-15-21(31-23(25)26)20(22(25)29-5)10-8-9-17-30-33(6,7)24(2,3)4/h11-16,20-22H,8-10,17H2,1-7H3/t20-,21+,22+,25+/m0/s1. The smallest absolute Gasteiger partial charge is 0.335 e. The summed E-state index contributed by atoms with van der Waals surface area (Å²) in [7, 11) is -4.39. The van der Waals surface area contributed by atoms with E-state index in [2.05, 4.69) is 33.9 Å². The number of sulfone groups is 1. The topological polar surface area (TPSA) is 78.9 Å². The number of hydrogen-bond donors (Lipinski definition) is 0. The van der Waals surface area contributed by atoms with Gasteiger partial charge in [0.1, 0.15) is 6.10 Å². The maximum Gasteiger partial charge on any atom is 0.335 e. The zero-order valence-corrected chi connectivity index (χ0v) is 22.7. The van der Waals surface area contributed by atoms with Crippen LogP contribution >= 0.6 is 0 Å². The predicted octanol–water partition coefficient (Wildman–Crippen LogP) is 4.83. The molecule has 0 N–H and O–H groups in total. The lowest BCUT2D eigenvalue weighted by Crippen LogP contribution is -2.67. The van der Waals surface area contributed by atoms with E-state index in [9.17, 15) is 13.2 Å². The molecule has 0 spiro atoms. The Morgan fingerprint density at radius 1 is 1.12 bits per heavy atom. The van der Waals surface area contributed by atoms with E-state index < -0.39 is 41.1 Å². The van der Waals surface area contributed by atoms with Crippen LogP contribution in [0, 0.1) is 12.8 Å². The SMILES string of the molecule is CO[C@@H]1[C@@H](CCCCO[Si](C)(C)C(C)(C)C)[C@H]2C=C[C@]1(S(=O)(=O)c1ccc(C)cc1)C(=O)O2. The molecule has 0 aromatic heterocycles. The van der Waals surface area contributed by atoms with Crippen LogP contribution in [0.4, 0.5) is 0 Å². The van der Waals surface area contributed by atoms with Gasteiger partial charge in [0.15, 0.2) is 8.32 Å². The third-order valence-electron chi connectivity index (χ3n) is 7.56. The van der Waals surface area contributed by atoms with Gasteiger partial charge in [-0.2, -0.15) is 0 Å². The summed E-state index contributed by atoms with van der Waals surface area (Å²) in [5.74, 6) is -0.981. The Kier molecular flexibility index (Phi) is 7.35. The molecular formula is C25H38O6SSi. The van der Waals surface area contributed by atoms with Crippen molar-refractivity contribution >= 4 is 24.1 Å². The fourth-order valence-corrected chi connectivity index (χ4v) is 7.52. The molecule has 1 saturated heterocycles. The van der Waals surface area contributed by atoms with Gasteiger partial charge in [0.05, 0.1) is 11.0 Å². The number of fused-ring (bicyclic) bond motifs is 2. The van der Waals surface area contributed by atoms with E-state index in [1.54, 1.807) is 30.3 Å². The molecule has 1 aliphatic carbocycles. The lowest BCUT2D eigenvalue weighted by Gasteiger charge is -2.49. The number of ether oxygens (including phenoxy) is 2. The van der Waals surface area contributed by atoms with Crippen LogP contribution in [0.15, 0.2) is 41.3 Å². The zero-order chi connectivity index (χ0) is 24.7. The minimum Gasteiger partial charge on any atom is -0.456 e. The molecule has 1 aromatic rings. The monoisotopic (exact) mass is 494 g/mol. The third kappa shape index (κ3) is 4.59. The number of benzene rings is 1. The maximum atomic E-state index is 13.7. The highest BCUT2D eigenvalue weighted by atomic mass is 32.2. The van der Waals surface area contributed by atoms with Crippen molar-refractivity contribution in [1.82, 2.24) is 0 Å². The van der Waals surface area contributed by atoms with Gasteiger partial charge < -0.3 is 13.9 Å². The summed E-state index contributed by atoms with van der Waals surface area (Å²) in [6, 6.07) is 6.55. The first-order valence-electron chi connectivity index (χ1n) is 11.7. The summed E-state index contributed by atoms with van der Waals surface area (Å²) in [4.78, 5) is 13.1. The third-order valence-corrected chi connectivity index (χ3v) is 14.4. The van der Waals surface area contributed by atoms with Crippen LogP contribution in [-0.4, -0.2) is 53.4 Å². The Hall–Kier alpha value is -1.48. The molecule has 2 heterocycles. The molecule has 6 nitrogen and oxygen atoms in total. The number of methoxy groups -OCH3 is 1. The molecule has 1 aromatic carbocycles. The quantitative estimate of drug-likeness (QED) is 0.212. The maximum absolute atomic E-state index is 13.7. The molecule has 2 aliphatic heterocycles.